The lowest BCUT2D eigenvalue weighted by Gasteiger charge is -2.38. The van der Waals surface area contributed by atoms with Gasteiger partial charge in [0.25, 0.3) is 0 Å². The normalized spacial score (nSPS) is 14.3. The molecule has 0 saturated heterocycles. The minimum absolute atomic E-state index is 0.159. The van der Waals surface area contributed by atoms with E-state index in [0.717, 1.165) is 64.2 Å². The van der Waals surface area contributed by atoms with Crippen molar-refractivity contribution in [2.24, 2.45) is 0 Å². The topological polar surface area (TPSA) is 55.4 Å². The Balaban J connectivity index is 6.12. The summed E-state index contributed by atoms with van der Waals surface area (Å²) in [6.07, 6.45) is 9.80. The average molecular weight is 587 g/mol. The zero-order valence-electron chi connectivity index (χ0n) is 24.7. The second-order valence-electron chi connectivity index (χ2n) is 9.04. The van der Waals surface area contributed by atoms with Crippen LogP contribution in [0.2, 0.25) is 0 Å². The van der Waals surface area contributed by atoms with E-state index >= 15 is 0 Å². The summed E-state index contributed by atoms with van der Waals surface area (Å²) in [5.41, 5.74) is 0. The third-order valence-corrected chi connectivity index (χ3v) is 17.3. The van der Waals surface area contributed by atoms with Crippen LogP contribution in [0, 0.1) is 0 Å². The number of hydrogen-bond donors (Lipinski definition) is 0. The zero-order chi connectivity index (χ0) is 27.1. The lowest BCUT2D eigenvalue weighted by Crippen LogP contribution is -2.57. The summed E-state index contributed by atoms with van der Waals surface area (Å²) in [5.74, 6) is 0. The minimum Gasteiger partial charge on any atom is -0.373 e. The Labute approximate surface area is 234 Å². The highest BCUT2D eigenvalue weighted by atomic mass is 33.1. The summed E-state index contributed by atoms with van der Waals surface area (Å²) in [5, 5.41) is 0. The second kappa shape index (κ2) is 23.8. The first kappa shape index (κ1) is 36.9. The molecule has 10 heteroatoms. The van der Waals surface area contributed by atoms with E-state index in [2.05, 4.69) is 55.4 Å². The molecule has 0 fully saturated rings. The summed E-state index contributed by atoms with van der Waals surface area (Å²) >= 11 is 0. The third kappa shape index (κ3) is 13.8. The van der Waals surface area contributed by atoms with Crippen molar-refractivity contribution >= 4 is 39.2 Å². The lowest BCUT2D eigenvalue weighted by molar-refractivity contribution is 0.0560. The van der Waals surface area contributed by atoms with Crippen molar-refractivity contribution in [2.75, 3.05) is 39.6 Å². The predicted octanol–water partition coefficient (Wildman–Crippen LogP) is 8.22. The van der Waals surface area contributed by atoms with E-state index in [0.29, 0.717) is 39.6 Å². The quantitative estimate of drug-likeness (QED) is 0.0705. The van der Waals surface area contributed by atoms with Crippen molar-refractivity contribution in [1.29, 1.82) is 0 Å². The summed E-state index contributed by atoms with van der Waals surface area (Å²) < 4.78 is 39.3. The minimum atomic E-state index is -2.90. The first-order chi connectivity index (χ1) is 17.5. The molecule has 0 radical (unpaired) electrons. The second-order valence-corrected chi connectivity index (χ2v) is 18.1. The van der Waals surface area contributed by atoms with Gasteiger partial charge in [-0.1, -0.05) is 89.8 Å². The van der Waals surface area contributed by atoms with Gasteiger partial charge in [-0.15, -0.1) is 0 Å². The molecule has 2 unspecified atom stereocenters. The summed E-state index contributed by atoms with van der Waals surface area (Å²) in [7, 11) is -2.04. The smallest absolute Gasteiger partial charge is 0.373 e. The molecule has 0 amide bonds. The molecule has 0 heterocycles. The SMILES string of the molecule is CCCO[Si](OCCC)(OCCC)C(CCC)SSC(CCC)[Si](OCCC)(OCCC)OCCC. The molecule has 2 atom stereocenters. The van der Waals surface area contributed by atoms with E-state index in [1.165, 1.54) is 0 Å². The molecule has 0 aromatic carbocycles. The monoisotopic (exact) mass is 586 g/mol. The Bertz CT molecular complexity index is 408. The van der Waals surface area contributed by atoms with Crippen LogP contribution in [0.25, 0.3) is 0 Å². The molecular weight excluding hydrogens is 529 g/mol. The van der Waals surface area contributed by atoms with Gasteiger partial charge in [0.1, 0.15) is 0 Å². The van der Waals surface area contributed by atoms with Gasteiger partial charge >= 0.3 is 17.6 Å². The highest BCUT2D eigenvalue weighted by Gasteiger charge is 2.53. The van der Waals surface area contributed by atoms with Gasteiger partial charge in [-0.3, -0.25) is 0 Å². The van der Waals surface area contributed by atoms with Crippen molar-refractivity contribution in [2.45, 2.75) is 129 Å². The van der Waals surface area contributed by atoms with Crippen LogP contribution in [-0.4, -0.2) is 67.0 Å². The third-order valence-electron chi connectivity index (χ3n) is 5.22. The largest absolute Gasteiger partial charge is 0.515 e. The molecule has 6 nitrogen and oxygen atoms in total. The van der Waals surface area contributed by atoms with Gasteiger partial charge in [-0.25, -0.2) is 0 Å². The van der Waals surface area contributed by atoms with Crippen molar-refractivity contribution < 1.29 is 26.6 Å². The van der Waals surface area contributed by atoms with E-state index in [1.807, 2.05) is 21.6 Å². The van der Waals surface area contributed by atoms with E-state index in [9.17, 15) is 0 Å². The molecule has 0 aliphatic heterocycles. The zero-order valence-corrected chi connectivity index (χ0v) is 28.4. The van der Waals surface area contributed by atoms with Crippen LogP contribution in [0.5, 0.6) is 0 Å². The van der Waals surface area contributed by atoms with Crippen LogP contribution in [0.4, 0.5) is 0 Å². The molecule has 36 heavy (non-hydrogen) atoms. The van der Waals surface area contributed by atoms with Gasteiger partial charge in [0.2, 0.25) is 0 Å². The van der Waals surface area contributed by atoms with Crippen LogP contribution in [0.15, 0.2) is 0 Å². The van der Waals surface area contributed by atoms with Crippen molar-refractivity contribution in [3.8, 4) is 0 Å². The molecule has 0 rings (SSSR count). The van der Waals surface area contributed by atoms with Gasteiger partial charge in [0.15, 0.2) is 0 Å². The molecule has 0 aliphatic rings. The number of rotatable bonds is 27. The van der Waals surface area contributed by atoms with Crippen LogP contribution >= 0.6 is 21.6 Å². The molecule has 218 valence electrons. The standard InChI is InChI=1S/C26H58O6S2Si2/c1-9-17-25(35(27-19-11-3,28-20-12-4)29-21-13-5)33-34-26(18-10-2)36(30-22-14-6,31-23-15-7)32-24-16-8/h25-26H,9-24H2,1-8H3. The summed E-state index contributed by atoms with van der Waals surface area (Å²) in [6, 6.07) is 0. The number of hydrogen-bond acceptors (Lipinski definition) is 8. The fourth-order valence-corrected chi connectivity index (χ4v) is 16.9. The van der Waals surface area contributed by atoms with Crippen LogP contribution in [0.1, 0.15) is 120 Å². The Hall–Kier alpha value is 0.894. The van der Waals surface area contributed by atoms with Crippen molar-refractivity contribution in [3.63, 3.8) is 0 Å². The van der Waals surface area contributed by atoms with E-state index in [1.54, 1.807) is 0 Å². The highest BCUT2D eigenvalue weighted by molar-refractivity contribution is 8.77. The van der Waals surface area contributed by atoms with Gasteiger partial charge in [0.05, 0.1) is 9.75 Å². The van der Waals surface area contributed by atoms with Gasteiger partial charge in [0, 0.05) is 39.6 Å². The van der Waals surface area contributed by atoms with Gasteiger partial charge in [-0.05, 0) is 51.4 Å². The van der Waals surface area contributed by atoms with Gasteiger partial charge in [-0.2, -0.15) is 0 Å². The summed E-state index contributed by atoms with van der Waals surface area (Å²) in [4.78, 5) is 0.318. The molecule has 0 aromatic heterocycles. The fraction of sp³-hybridized carbons (Fsp3) is 1.00. The average Bonchev–Trinajstić information content (AvgIpc) is 2.90. The molecule has 0 saturated carbocycles. The van der Waals surface area contributed by atoms with Crippen LogP contribution in [-0.2, 0) is 26.6 Å². The predicted molar refractivity (Wildman–Crippen MR) is 162 cm³/mol. The Morgan fingerprint density at radius 2 is 0.611 bits per heavy atom. The van der Waals surface area contributed by atoms with E-state index < -0.39 is 17.6 Å². The fourth-order valence-electron chi connectivity index (χ4n) is 3.50. The molecule has 0 aromatic rings. The van der Waals surface area contributed by atoms with Gasteiger partial charge < -0.3 is 26.6 Å². The van der Waals surface area contributed by atoms with Crippen molar-refractivity contribution in [1.82, 2.24) is 0 Å². The van der Waals surface area contributed by atoms with E-state index in [4.69, 9.17) is 26.6 Å². The Kier molecular flexibility index (Phi) is 24.3. The van der Waals surface area contributed by atoms with E-state index in [-0.39, 0.29) is 9.75 Å². The maximum absolute atomic E-state index is 6.55. The lowest BCUT2D eigenvalue weighted by atomic mass is 10.4. The van der Waals surface area contributed by atoms with Crippen LogP contribution < -0.4 is 0 Å². The molecular formula is C26H58O6S2Si2. The highest BCUT2D eigenvalue weighted by Crippen LogP contribution is 2.44. The Morgan fingerprint density at radius 1 is 0.389 bits per heavy atom. The molecule has 0 bridgehead atoms. The first-order valence-electron chi connectivity index (χ1n) is 14.6. The van der Waals surface area contributed by atoms with Crippen molar-refractivity contribution in [3.05, 3.63) is 0 Å². The maximum atomic E-state index is 6.55. The first-order valence-corrected chi connectivity index (χ1v) is 20.5. The molecule has 0 aliphatic carbocycles. The van der Waals surface area contributed by atoms with Crippen LogP contribution in [0.3, 0.4) is 0 Å². The Morgan fingerprint density at radius 3 is 0.778 bits per heavy atom. The summed E-state index contributed by atoms with van der Waals surface area (Å²) in [6.45, 7) is 21.4. The molecule has 0 N–H and O–H groups in total. The maximum Gasteiger partial charge on any atom is 0.515 e. The molecule has 0 spiro atoms.